The predicted octanol–water partition coefficient (Wildman–Crippen LogP) is 8.30. The number of unbranched alkanes of at least 4 members (excludes halogenated alkanes) is 2. The largest absolute Gasteiger partial charge is 0.372 e. The zero-order chi connectivity index (χ0) is 33.0. The van der Waals surface area contributed by atoms with Crippen LogP contribution >= 0.6 is 11.6 Å². The molecule has 1 aliphatic rings. The lowest BCUT2D eigenvalue weighted by molar-refractivity contribution is 0.118. The maximum Gasteiger partial charge on any atom is 0.127 e. The summed E-state index contributed by atoms with van der Waals surface area (Å²) in [5.41, 5.74) is 2.90. The van der Waals surface area contributed by atoms with Gasteiger partial charge in [0.25, 0.3) is 0 Å². The van der Waals surface area contributed by atoms with Gasteiger partial charge in [-0.15, -0.1) is 0 Å². The minimum absolute atomic E-state index is 0.0882. The minimum Gasteiger partial charge on any atom is -0.372 e. The van der Waals surface area contributed by atoms with Gasteiger partial charge >= 0.3 is 0 Å². The number of rotatable bonds is 24. The van der Waals surface area contributed by atoms with Crippen molar-refractivity contribution in [2.45, 2.75) is 91.9 Å². The van der Waals surface area contributed by atoms with Gasteiger partial charge in [0, 0.05) is 57.6 Å². The van der Waals surface area contributed by atoms with Crippen LogP contribution in [-0.2, 0) is 12.8 Å². The van der Waals surface area contributed by atoms with Crippen molar-refractivity contribution in [3.8, 4) is 0 Å². The first-order valence-corrected chi connectivity index (χ1v) is 18.1. The molecule has 1 aliphatic heterocycles. The van der Waals surface area contributed by atoms with Crippen LogP contribution in [0.25, 0.3) is 0 Å². The first kappa shape index (κ1) is 39.4. The van der Waals surface area contributed by atoms with Crippen LogP contribution in [0.4, 0.5) is 4.39 Å². The van der Waals surface area contributed by atoms with E-state index >= 15 is 4.39 Å². The molecule has 4 atom stereocenters. The molecule has 0 aliphatic carbocycles. The molecule has 256 valence electrons. The van der Waals surface area contributed by atoms with Crippen LogP contribution in [0.1, 0.15) is 90.2 Å². The van der Waals surface area contributed by atoms with Gasteiger partial charge in [-0.05, 0) is 93.4 Å². The normalized spacial score (nSPS) is 17.2. The molecule has 7 heteroatoms. The fraction of sp³-hybridized carbons (Fsp3) is 0.711. The summed E-state index contributed by atoms with van der Waals surface area (Å²) < 4.78 is 15.1. The van der Waals surface area contributed by atoms with Gasteiger partial charge in [-0.25, -0.2) is 4.39 Å². The van der Waals surface area contributed by atoms with E-state index in [0.29, 0.717) is 29.8 Å². The van der Waals surface area contributed by atoms with E-state index in [9.17, 15) is 0 Å². The molecule has 1 fully saturated rings. The van der Waals surface area contributed by atoms with Crippen LogP contribution in [0.5, 0.6) is 0 Å². The summed E-state index contributed by atoms with van der Waals surface area (Å²) in [4.78, 5) is 8.68. The molecule has 2 N–H and O–H groups in total. The van der Waals surface area contributed by atoms with Gasteiger partial charge < -0.3 is 15.5 Å². The smallest absolute Gasteiger partial charge is 0.127 e. The number of aliphatic imine (C=N–C) groups is 1. The van der Waals surface area contributed by atoms with Gasteiger partial charge in [-0.1, -0.05) is 90.1 Å². The second-order valence-electron chi connectivity index (χ2n) is 13.6. The van der Waals surface area contributed by atoms with Crippen molar-refractivity contribution in [3.63, 3.8) is 0 Å². The van der Waals surface area contributed by atoms with Gasteiger partial charge in [0.05, 0.1) is 5.03 Å². The number of allylic oxidation sites excluding steroid dienone is 1. The molecule has 0 spiro atoms. The quantitative estimate of drug-likeness (QED) is 0.0877. The highest BCUT2D eigenvalue weighted by atomic mass is 35.5. The van der Waals surface area contributed by atoms with Crippen LogP contribution in [0.15, 0.2) is 46.7 Å². The van der Waals surface area contributed by atoms with Gasteiger partial charge in [-0.3, -0.25) is 9.89 Å². The Labute approximate surface area is 281 Å². The van der Waals surface area contributed by atoms with Crippen molar-refractivity contribution in [2.24, 2.45) is 28.7 Å². The molecule has 1 aromatic carbocycles. The maximum absolute atomic E-state index is 15.1. The summed E-state index contributed by atoms with van der Waals surface area (Å²) in [6.45, 7) is 25.2. The molecule has 0 saturated carbocycles. The predicted molar refractivity (Wildman–Crippen MR) is 195 cm³/mol. The molecular weight excluding hydrogens is 581 g/mol. The van der Waals surface area contributed by atoms with E-state index < -0.39 is 0 Å². The number of hydrogen-bond donors (Lipinski definition) is 2. The molecule has 5 nitrogen and oxygen atoms in total. The van der Waals surface area contributed by atoms with Crippen molar-refractivity contribution in [3.05, 3.63) is 58.7 Å². The maximum atomic E-state index is 15.1. The first-order chi connectivity index (χ1) is 21.7. The van der Waals surface area contributed by atoms with Gasteiger partial charge in [0.1, 0.15) is 5.82 Å². The zero-order valence-electron chi connectivity index (χ0n) is 29.4. The Balaban J connectivity index is 1.70. The number of hydrogen-bond acceptors (Lipinski definition) is 5. The zero-order valence-corrected chi connectivity index (χ0v) is 30.1. The lowest BCUT2D eigenvalue weighted by Gasteiger charge is -2.39. The Morgan fingerprint density at radius 3 is 2.42 bits per heavy atom. The molecule has 4 unspecified atom stereocenters. The van der Waals surface area contributed by atoms with E-state index in [0.717, 1.165) is 87.2 Å². The molecule has 1 saturated heterocycles. The molecule has 45 heavy (non-hydrogen) atoms. The summed E-state index contributed by atoms with van der Waals surface area (Å²) in [7, 11) is 2.02. The summed E-state index contributed by atoms with van der Waals surface area (Å²) in [6, 6.07) is 5.86. The van der Waals surface area contributed by atoms with Crippen LogP contribution < -0.4 is 10.6 Å². The monoisotopic (exact) mass is 645 g/mol. The van der Waals surface area contributed by atoms with E-state index in [-0.39, 0.29) is 5.82 Å². The summed E-state index contributed by atoms with van der Waals surface area (Å²) in [5, 5.41) is 7.37. The highest BCUT2D eigenvalue weighted by Gasteiger charge is 2.24. The van der Waals surface area contributed by atoms with Crippen molar-refractivity contribution >= 4 is 18.3 Å². The Morgan fingerprint density at radius 2 is 1.76 bits per heavy atom. The number of nitrogens with zero attached hydrogens (tertiary/aromatic N) is 3. The van der Waals surface area contributed by atoms with Crippen molar-refractivity contribution in [1.29, 1.82) is 0 Å². The topological polar surface area (TPSA) is 42.9 Å². The van der Waals surface area contributed by atoms with Crippen LogP contribution in [0, 0.1) is 29.5 Å². The molecule has 0 bridgehead atoms. The fourth-order valence-electron chi connectivity index (χ4n) is 6.70. The van der Waals surface area contributed by atoms with E-state index in [1.165, 1.54) is 45.1 Å². The number of piperazine rings is 1. The molecular formula is C38H65ClFN5. The summed E-state index contributed by atoms with van der Waals surface area (Å²) >= 11 is 6.08. The lowest BCUT2D eigenvalue weighted by Crippen LogP contribution is -2.47. The summed E-state index contributed by atoms with van der Waals surface area (Å²) in [6.07, 6.45) is 12.7. The third kappa shape index (κ3) is 15.6. The summed E-state index contributed by atoms with van der Waals surface area (Å²) in [5.74, 6) is 2.83. The number of nitrogens with one attached hydrogen (secondary N) is 2. The van der Waals surface area contributed by atoms with E-state index in [1.807, 2.05) is 13.1 Å². The minimum atomic E-state index is -0.0882. The Hall–Kier alpha value is -1.73. The average molecular weight is 646 g/mol. The molecule has 0 amide bonds. The van der Waals surface area contributed by atoms with Crippen molar-refractivity contribution in [1.82, 2.24) is 20.4 Å². The second-order valence-corrected chi connectivity index (χ2v) is 14.1. The van der Waals surface area contributed by atoms with Gasteiger partial charge in [-0.2, -0.15) is 0 Å². The highest BCUT2D eigenvalue weighted by molar-refractivity contribution is 6.29. The Kier molecular flexibility index (Phi) is 19.9. The molecule has 2 rings (SSSR count). The van der Waals surface area contributed by atoms with E-state index in [1.54, 1.807) is 12.3 Å². The molecule has 0 aromatic heterocycles. The Morgan fingerprint density at radius 1 is 1.02 bits per heavy atom. The van der Waals surface area contributed by atoms with Crippen LogP contribution in [0.3, 0.4) is 0 Å². The fourth-order valence-corrected chi connectivity index (χ4v) is 6.86. The van der Waals surface area contributed by atoms with E-state index in [4.69, 9.17) is 11.6 Å². The van der Waals surface area contributed by atoms with Crippen molar-refractivity contribution in [2.75, 3.05) is 59.4 Å². The highest BCUT2D eigenvalue weighted by Crippen LogP contribution is 2.26. The number of halogens is 2. The van der Waals surface area contributed by atoms with Crippen LogP contribution in [-0.4, -0.2) is 75.9 Å². The van der Waals surface area contributed by atoms with Gasteiger partial charge in [0.2, 0.25) is 0 Å². The Bertz CT molecular complexity index is 1010. The standard InChI is InChI=1S/C38H65ClFN5/c1-8-12-30(2)33(5)31(3)29-44-21-23-45(24-22-44)32(4)25-36-16-15-35(26-38(36)40)14-11-9-10-13-34(17-19-41-6)18-20-43-28-37(39)27-42-7/h15-16,26-27,30-31,33-34,41,43H,4,7-14,17-25,28-29H2,1-3,5-6H3/b37-27+. The van der Waals surface area contributed by atoms with Gasteiger partial charge in [0.15, 0.2) is 0 Å². The second kappa shape index (κ2) is 22.7. The molecule has 1 heterocycles. The van der Waals surface area contributed by atoms with Crippen LogP contribution in [0.2, 0.25) is 0 Å². The third-order valence-electron chi connectivity index (χ3n) is 10.1. The van der Waals surface area contributed by atoms with Crippen molar-refractivity contribution < 1.29 is 4.39 Å². The number of benzene rings is 1. The SMILES string of the molecule is C=N/C=C(/Cl)CNCCC(CCCCCc1ccc(CC(=C)N2CCN(CC(C)C(C)C(C)CCC)CC2)c(F)c1)CCNC. The number of aryl methyl sites for hydroxylation is 1. The lowest BCUT2D eigenvalue weighted by atomic mass is 9.82. The third-order valence-corrected chi connectivity index (χ3v) is 10.3. The first-order valence-electron chi connectivity index (χ1n) is 17.8. The van der Waals surface area contributed by atoms with E-state index in [2.05, 4.69) is 72.5 Å². The average Bonchev–Trinajstić information content (AvgIpc) is 3.02. The molecule has 1 aromatic rings. The molecule has 0 radical (unpaired) electrons.